The minimum Gasteiger partial charge on any atom is -0.368 e. The number of carbonyl (C=O) groups excluding carboxylic acids is 2. The molecule has 0 saturated carbocycles. The van der Waals surface area contributed by atoms with Crippen molar-refractivity contribution in [3.8, 4) is 0 Å². The maximum Gasteiger partial charge on any atom is 0.224 e. The van der Waals surface area contributed by atoms with Crippen LogP contribution in [0, 0.1) is 0 Å². The molecule has 1 aliphatic heterocycles. The van der Waals surface area contributed by atoms with Gasteiger partial charge < -0.3 is 14.4 Å². The zero-order chi connectivity index (χ0) is 16.9. The number of hydrogen-bond donors (Lipinski definition) is 0. The van der Waals surface area contributed by atoms with E-state index in [1.165, 1.54) is 0 Å². The van der Waals surface area contributed by atoms with Crippen molar-refractivity contribution in [2.45, 2.75) is 19.9 Å². The normalized spacial score (nSPS) is 14.7. The van der Waals surface area contributed by atoms with Crippen LogP contribution in [0.3, 0.4) is 0 Å². The van der Waals surface area contributed by atoms with Crippen LogP contribution in [0.15, 0.2) is 48.8 Å². The van der Waals surface area contributed by atoms with Gasteiger partial charge in [-0.05, 0) is 43.3 Å². The molecule has 1 aliphatic rings. The molecule has 0 unspecified atom stereocenters. The summed E-state index contributed by atoms with van der Waals surface area (Å²) in [5.74, 6) is 0.301. The van der Waals surface area contributed by atoms with Crippen LogP contribution in [0.4, 0.5) is 5.69 Å². The number of ketones is 1. The van der Waals surface area contributed by atoms with Gasteiger partial charge in [0.05, 0.1) is 0 Å². The van der Waals surface area contributed by atoms with Gasteiger partial charge in [0.25, 0.3) is 0 Å². The largest absolute Gasteiger partial charge is 0.368 e. The Labute approximate surface area is 142 Å². The number of Topliss-reactive ketones (excluding diaryl/α,β-unsaturated/α-hetero) is 1. The van der Waals surface area contributed by atoms with E-state index >= 15 is 0 Å². The number of rotatable bonds is 5. The van der Waals surface area contributed by atoms with Gasteiger partial charge in [0.15, 0.2) is 5.78 Å². The lowest BCUT2D eigenvalue weighted by molar-refractivity contribution is -0.131. The maximum atomic E-state index is 12.3. The summed E-state index contributed by atoms with van der Waals surface area (Å²) in [5.41, 5.74) is 1.84. The minimum absolute atomic E-state index is 0.0830. The molecule has 1 saturated heterocycles. The Morgan fingerprint density at radius 2 is 1.58 bits per heavy atom. The number of aromatic nitrogens is 1. The number of piperazine rings is 1. The molecule has 0 bridgehead atoms. The van der Waals surface area contributed by atoms with E-state index in [0.717, 1.165) is 44.0 Å². The minimum atomic E-state index is 0.0830. The van der Waals surface area contributed by atoms with E-state index in [1.54, 1.807) is 6.92 Å². The molecule has 1 amide bonds. The number of anilines is 1. The monoisotopic (exact) mass is 325 g/mol. The van der Waals surface area contributed by atoms with Gasteiger partial charge >= 0.3 is 0 Å². The lowest BCUT2D eigenvalue weighted by Crippen LogP contribution is -2.48. The lowest BCUT2D eigenvalue weighted by Gasteiger charge is -2.36. The predicted octanol–water partition coefficient (Wildman–Crippen LogP) is 2.43. The predicted molar refractivity (Wildman–Crippen MR) is 94.3 cm³/mol. The van der Waals surface area contributed by atoms with Crippen LogP contribution >= 0.6 is 0 Å². The molecule has 2 aromatic rings. The maximum absolute atomic E-state index is 12.3. The summed E-state index contributed by atoms with van der Waals surface area (Å²) < 4.78 is 2.03. The molecule has 0 N–H and O–H groups in total. The molecule has 3 rings (SSSR count). The Morgan fingerprint density at radius 1 is 0.958 bits per heavy atom. The second-order valence-corrected chi connectivity index (χ2v) is 6.14. The second kappa shape index (κ2) is 7.34. The third-order valence-corrected chi connectivity index (χ3v) is 4.52. The van der Waals surface area contributed by atoms with E-state index in [9.17, 15) is 9.59 Å². The van der Waals surface area contributed by atoms with Crippen molar-refractivity contribution in [2.75, 3.05) is 31.1 Å². The van der Waals surface area contributed by atoms with Crippen molar-refractivity contribution >= 4 is 17.4 Å². The van der Waals surface area contributed by atoms with Crippen LogP contribution in [-0.4, -0.2) is 47.3 Å². The van der Waals surface area contributed by atoms with Gasteiger partial charge in [-0.2, -0.15) is 0 Å². The highest BCUT2D eigenvalue weighted by molar-refractivity contribution is 5.94. The number of nitrogens with zero attached hydrogens (tertiary/aromatic N) is 3. The molecule has 0 atom stereocenters. The van der Waals surface area contributed by atoms with Crippen LogP contribution in [0.25, 0.3) is 0 Å². The Bertz CT molecular complexity index is 684. The molecular formula is C19H23N3O2. The van der Waals surface area contributed by atoms with Gasteiger partial charge in [-0.1, -0.05) is 0 Å². The molecule has 0 spiro atoms. The summed E-state index contributed by atoms with van der Waals surface area (Å²) in [6.45, 7) is 5.47. The summed E-state index contributed by atoms with van der Waals surface area (Å²) in [4.78, 5) is 27.9. The second-order valence-electron chi connectivity index (χ2n) is 6.14. The molecule has 1 aromatic heterocycles. The summed E-state index contributed by atoms with van der Waals surface area (Å²) in [6.07, 6.45) is 4.51. The van der Waals surface area contributed by atoms with Gasteiger partial charge in [-0.3, -0.25) is 9.59 Å². The van der Waals surface area contributed by atoms with E-state index < -0.39 is 0 Å². The summed E-state index contributed by atoms with van der Waals surface area (Å²) in [7, 11) is 0. The molecule has 126 valence electrons. The van der Waals surface area contributed by atoms with E-state index in [2.05, 4.69) is 4.90 Å². The molecule has 2 heterocycles. The Kier molecular flexibility index (Phi) is 4.99. The van der Waals surface area contributed by atoms with Gasteiger partial charge in [0.1, 0.15) is 0 Å². The standard InChI is InChI=1S/C19H23N3O2/c1-16(23)17-4-6-18(7-5-17)21-12-14-22(15-13-21)19(24)8-11-20-9-2-3-10-20/h2-7,9-10H,8,11-15H2,1H3. The zero-order valence-corrected chi connectivity index (χ0v) is 14.0. The van der Waals surface area contributed by atoms with Crippen LogP contribution < -0.4 is 4.90 Å². The third kappa shape index (κ3) is 3.85. The number of carbonyl (C=O) groups is 2. The van der Waals surface area contributed by atoms with Gasteiger partial charge in [0, 0.05) is 62.8 Å². The van der Waals surface area contributed by atoms with Crippen LogP contribution in [0.5, 0.6) is 0 Å². The zero-order valence-electron chi connectivity index (χ0n) is 14.0. The van der Waals surface area contributed by atoms with E-state index in [-0.39, 0.29) is 11.7 Å². The molecule has 1 fully saturated rings. The molecule has 0 radical (unpaired) electrons. The average molecular weight is 325 g/mol. The molecular weight excluding hydrogens is 302 g/mol. The molecule has 0 aliphatic carbocycles. The fourth-order valence-corrected chi connectivity index (χ4v) is 3.02. The Balaban J connectivity index is 1.49. The fourth-order valence-electron chi connectivity index (χ4n) is 3.02. The van der Waals surface area contributed by atoms with Crippen LogP contribution in [0.1, 0.15) is 23.7 Å². The van der Waals surface area contributed by atoms with Gasteiger partial charge in [-0.25, -0.2) is 0 Å². The third-order valence-electron chi connectivity index (χ3n) is 4.52. The first-order chi connectivity index (χ1) is 11.6. The van der Waals surface area contributed by atoms with Gasteiger partial charge in [0.2, 0.25) is 5.91 Å². The highest BCUT2D eigenvalue weighted by atomic mass is 16.2. The van der Waals surface area contributed by atoms with Crippen molar-refractivity contribution in [1.29, 1.82) is 0 Å². The summed E-state index contributed by atoms with van der Waals surface area (Å²) in [5, 5.41) is 0. The van der Waals surface area contributed by atoms with Crippen molar-refractivity contribution in [2.24, 2.45) is 0 Å². The average Bonchev–Trinajstić information content (AvgIpc) is 3.13. The number of aryl methyl sites for hydroxylation is 1. The molecule has 24 heavy (non-hydrogen) atoms. The van der Waals surface area contributed by atoms with Crippen molar-refractivity contribution in [3.63, 3.8) is 0 Å². The van der Waals surface area contributed by atoms with Crippen molar-refractivity contribution in [3.05, 3.63) is 54.4 Å². The molecule has 5 heteroatoms. The first kappa shape index (κ1) is 16.3. The van der Waals surface area contributed by atoms with Crippen LogP contribution in [-0.2, 0) is 11.3 Å². The first-order valence-corrected chi connectivity index (χ1v) is 8.38. The van der Waals surface area contributed by atoms with Crippen molar-refractivity contribution in [1.82, 2.24) is 9.47 Å². The van der Waals surface area contributed by atoms with Crippen LogP contribution in [0.2, 0.25) is 0 Å². The smallest absolute Gasteiger partial charge is 0.224 e. The number of amides is 1. The molecule has 1 aromatic carbocycles. The quantitative estimate of drug-likeness (QED) is 0.793. The molecule has 5 nitrogen and oxygen atoms in total. The number of benzene rings is 1. The Hall–Kier alpha value is -2.56. The Morgan fingerprint density at radius 3 is 2.17 bits per heavy atom. The lowest BCUT2D eigenvalue weighted by atomic mass is 10.1. The summed E-state index contributed by atoms with van der Waals surface area (Å²) in [6, 6.07) is 11.7. The SMILES string of the molecule is CC(=O)c1ccc(N2CCN(C(=O)CCn3cccc3)CC2)cc1. The van der Waals surface area contributed by atoms with Crippen molar-refractivity contribution < 1.29 is 9.59 Å². The van der Waals surface area contributed by atoms with Gasteiger partial charge in [-0.15, -0.1) is 0 Å². The highest BCUT2D eigenvalue weighted by Gasteiger charge is 2.21. The topological polar surface area (TPSA) is 45.6 Å². The van der Waals surface area contributed by atoms with E-state index in [1.807, 2.05) is 58.3 Å². The summed E-state index contributed by atoms with van der Waals surface area (Å²) >= 11 is 0. The fraction of sp³-hybridized carbons (Fsp3) is 0.368. The van der Waals surface area contributed by atoms with E-state index in [0.29, 0.717) is 6.42 Å². The van der Waals surface area contributed by atoms with E-state index in [4.69, 9.17) is 0 Å². The number of hydrogen-bond acceptors (Lipinski definition) is 3. The first-order valence-electron chi connectivity index (χ1n) is 8.38. The highest BCUT2D eigenvalue weighted by Crippen LogP contribution is 2.18.